The molecular weight excluding hydrogens is 250 g/mol. The van der Waals surface area contributed by atoms with E-state index in [4.69, 9.17) is 9.47 Å². The number of rotatable bonds is 11. The first-order valence-electron chi connectivity index (χ1n) is 7.91. The topological polar surface area (TPSA) is 30.5 Å². The largest absolute Gasteiger partial charge is 0.490 e. The van der Waals surface area contributed by atoms with Crippen molar-refractivity contribution in [3.8, 4) is 11.5 Å². The Morgan fingerprint density at radius 1 is 0.950 bits per heavy atom. The fourth-order valence-electron chi connectivity index (χ4n) is 1.91. The highest BCUT2D eigenvalue weighted by atomic mass is 16.5. The van der Waals surface area contributed by atoms with Gasteiger partial charge < -0.3 is 14.8 Å². The number of nitrogens with one attached hydrogen (secondary N) is 1. The van der Waals surface area contributed by atoms with Crippen LogP contribution in [0.3, 0.4) is 0 Å². The summed E-state index contributed by atoms with van der Waals surface area (Å²) in [5.74, 6) is 1.72. The van der Waals surface area contributed by atoms with E-state index in [1.54, 1.807) is 0 Å². The quantitative estimate of drug-likeness (QED) is 0.617. The molecule has 0 aliphatic heterocycles. The van der Waals surface area contributed by atoms with Crippen LogP contribution < -0.4 is 14.8 Å². The Balaban J connectivity index is 2.58. The molecule has 0 spiro atoms. The predicted octanol–water partition coefficient (Wildman–Crippen LogP) is 4.15. The molecule has 3 nitrogen and oxygen atoms in total. The van der Waals surface area contributed by atoms with Gasteiger partial charge in [-0.15, -0.1) is 0 Å². The monoisotopic (exact) mass is 279 g/mol. The fourth-order valence-corrected chi connectivity index (χ4v) is 1.91. The van der Waals surface area contributed by atoms with Gasteiger partial charge in [-0.3, -0.25) is 0 Å². The van der Waals surface area contributed by atoms with Gasteiger partial charge in [-0.05, 0) is 44.0 Å². The molecule has 1 aromatic rings. The Bertz CT molecular complexity index is 366. The van der Waals surface area contributed by atoms with Gasteiger partial charge in [-0.2, -0.15) is 0 Å². The van der Waals surface area contributed by atoms with Gasteiger partial charge in [0.1, 0.15) is 0 Å². The number of ether oxygens (including phenoxy) is 2. The first-order chi connectivity index (χ1) is 9.81. The molecule has 0 aliphatic rings. The Kier molecular flexibility index (Phi) is 8.88. The maximum Gasteiger partial charge on any atom is 0.161 e. The molecule has 0 saturated carbocycles. The molecule has 3 heteroatoms. The molecule has 114 valence electrons. The van der Waals surface area contributed by atoms with Gasteiger partial charge in [0.2, 0.25) is 0 Å². The van der Waals surface area contributed by atoms with Gasteiger partial charge in [0.25, 0.3) is 0 Å². The average Bonchev–Trinajstić information content (AvgIpc) is 2.46. The second kappa shape index (κ2) is 10.6. The van der Waals surface area contributed by atoms with Crippen LogP contribution >= 0.6 is 0 Å². The molecule has 0 aromatic heterocycles. The van der Waals surface area contributed by atoms with E-state index in [0.717, 1.165) is 44.0 Å². The van der Waals surface area contributed by atoms with E-state index >= 15 is 0 Å². The highest BCUT2D eigenvalue weighted by Crippen LogP contribution is 2.28. The predicted molar refractivity (Wildman–Crippen MR) is 84.6 cm³/mol. The molecule has 0 fully saturated rings. The zero-order valence-corrected chi connectivity index (χ0v) is 13.2. The summed E-state index contributed by atoms with van der Waals surface area (Å²) < 4.78 is 11.5. The summed E-state index contributed by atoms with van der Waals surface area (Å²) in [6.07, 6.45) is 4.66. The Labute approximate surface area is 123 Å². The highest BCUT2D eigenvalue weighted by molar-refractivity contribution is 5.43. The van der Waals surface area contributed by atoms with E-state index < -0.39 is 0 Å². The van der Waals surface area contributed by atoms with Crippen molar-refractivity contribution in [1.82, 2.24) is 5.32 Å². The van der Waals surface area contributed by atoms with Crippen molar-refractivity contribution >= 4 is 0 Å². The minimum atomic E-state index is 0.664. The zero-order valence-electron chi connectivity index (χ0n) is 13.2. The summed E-state index contributed by atoms with van der Waals surface area (Å²) >= 11 is 0. The van der Waals surface area contributed by atoms with E-state index in [2.05, 4.69) is 31.3 Å². The van der Waals surface area contributed by atoms with Gasteiger partial charge in [-0.25, -0.2) is 0 Å². The van der Waals surface area contributed by atoms with Gasteiger partial charge in [0.05, 0.1) is 13.2 Å². The number of unbranched alkanes of at least 4 members (excludes halogenated alkanes) is 2. The van der Waals surface area contributed by atoms with E-state index in [-0.39, 0.29) is 0 Å². The second-order valence-electron chi connectivity index (χ2n) is 4.95. The van der Waals surface area contributed by atoms with Crippen molar-refractivity contribution < 1.29 is 9.47 Å². The van der Waals surface area contributed by atoms with Crippen molar-refractivity contribution in [3.05, 3.63) is 23.8 Å². The molecule has 0 aliphatic carbocycles. The van der Waals surface area contributed by atoms with Gasteiger partial charge in [-0.1, -0.05) is 32.8 Å². The lowest BCUT2D eigenvalue weighted by Crippen LogP contribution is -2.14. The molecule has 1 rings (SSSR count). The summed E-state index contributed by atoms with van der Waals surface area (Å²) in [6.45, 7) is 9.74. The average molecular weight is 279 g/mol. The van der Waals surface area contributed by atoms with E-state index in [9.17, 15) is 0 Å². The van der Waals surface area contributed by atoms with Crippen LogP contribution in [0.5, 0.6) is 11.5 Å². The van der Waals surface area contributed by atoms with E-state index in [0.29, 0.717) is 6.61 Å². The number of hydrogen-bond donors (Lipinski definition) is 1. The lowest BCUT2D eigenvalue weighted by molar-refractivity contribution is 0.272. The smallest absolute Gasteiger partial charge is 0.161 e. The maximum atomic E-state index is 5.78. The van der Waals surface area contributed by atoms with E-state index in [1.165, 1.54) is 18.4 Å². The van der Waals surface area contributed by atoms with Gasteiger partial charge in [0, 0.05) is 6.54 Å². The molecule has 0 amide bonds. The van der Waals surface area contributed by atoms with Crippen LogP contribution in [0.2, 0.25) is 0 Å². The summed E-state index contributed by atoms with van der Waals surface area (Å²) in [7, 11) is 0. The van der Waals surface area contributed by atoms with Gasteiger partial charge in [0.15, 0.2) is 11.5 Å². The molecule has 1 aromatic carbocycles. The zero-order chi connectivity index (χ0) is 14.6. The van der Waals surface area contributed by atoms with Crippen LogP contribution in [-0.2, 0) is 6.54 Å². The van der Waals surface area contributed by atoms with Crippen LogP contribution in [-0.4, -0.2) is 19.8 Å². The number of benzene rings is 1. The lowest BCUT2D eigenvalue weighted by atomic mass is 10.2. The molecular formula is C17H29NO2. The number of hydrogen-bond acceptors (Lipinski definition) is 3. The second-order valence-corrected chi connectivity index (χ2v) is 4.95. The van der Waals surface area contributed by atoms with Crippen LogP contribution in [0.15, 0.2) is 18.2 Å². The first-order valence-corrected chi connectivity index (χ1v) is 7.91. The van der Waals surface area contributed by atoms with Crippen molar-refractivity contribution in [2.75, 3.05) is 19.8 Å². The summed E-state index contributed by atoms with van der Waals surface area (Å²) in [5.41, 5.74) is 1.24. The minimum Gasteiger partial charge on any atom is -0.490 e. The summed E-state index contributed by atoms with van der Waals surface area (Å²) in [5, 5.41) is 3.45. The summed E-state index contributed by atoms with van der Waals surface area (Å²) in [4.78, 5) is 0. The molecule has 0 bridgehead atoms. The molecule has 20 heavy (non-hydrogen) atoms. The highest BCUT2D eigenvalue weighted by Gasteiger charge is 2.06. The standard InChI is InChI=1S/C17H29NO2/c1-4-7-11-18-14-15-9-10-16(20-12-8-5-2)17(13-15)19-6-3/h9-10,13,18H,4-8,11-12,14H2,1-3H3. The third-order valence-corrected chi connectivity index (χ3v) is 3.10. The Hall–Kier alpha value is -1.22. The Morgan fingerprint density at radius 2 is 1.75 bits per heavy atom. The molecule has 0 heterocycles. The van der Waals surface area contributed by atoms with Crippen molar-refractivity contribution in [1.29, 1.82) is 0 Å². The molecule has 0 unspecified atom stereocenters. The SMILES string of the molecule is CCCCNCc1ccc(OCCCC)c(OCC)c1. The van der Waals surface area contributed by atoms with Crippen LogP contribution in [0.1, 0.15) is 52.0 Å². The third kappa shape index (κ3) is 6.29. The molecule has 0 radical (unpaired) electrons. The summed E-state index contributed by atoms with van der Waals surface area (Å²) in [6, 6.07) is 6.23. The first kappa shape index (κ1) is 16.8. The molecule has 0 saturated heterocycles. The Morgan fingerprint density at radius 3 is 2.45 bits per heavy atom. The van der Waals surface area contributed by atoms with Crippen molar-refractivity contribution in [2.24, 2.45) is 0 Å². The van der Waals surface area contributed by atoms with Crippen molar-refractivity contribution in [2.45, 2.75) is 53.0 Å². The third-order valence-electron chi connectivity index (χ3n) is 3.10. The van der Waals surface area contributed by atoms with Crippen LogP contribution in [0, 0.1) is 0 Å². The van der Waals surface area contributed by atoms with Gasteiger partial charge >= 0.3 is 0 Å². The van der Waals surface area contributed by atoms with E-state index in [1.807, 2.05) is 13.0 Å². The molecule has 0 atom stereocenters. The normalized spacial score (nSPS) is 10.6. The van der Waals surface area contributed by atoms with Crippen LogP contribution in [0.25, 0.3) is 0 Å². The van der Waals surface area contributed by atoms with Crippen molar-refractivity contribution in [3.63, 3.8) is 0 Å². The fraction of sp³-hybridized carbons (Fsp3) is 0.647. The van der Waals surface area contributed by atoms with Crippen LogP contribution in [0.4, 0.5) is 0 Å². The molecule has 1 N–H and O–H groups in total. The lowest BCUT2D eigenvalue weighted by Gasteiger charge is -2.13. The minimum absolute atomic E-state index is 0.664. The maximum absolute atomic E-state index is 5.78.